The van der Waals surface area contributed by atoms with Crippen LogP contribution in [0, 0.1) is 0 Å². The largest absolute Gasteiger partial charge is 0.507 e. The highest BCUT2D eigenvalue weighted by Gasteiger charge is 2.17. The van der Waals surface area contributed by atoms with E-state index in [9.17, 15) is 15.0 Å². The fraction of sp³-hybridized carbons (Fsp3) is 0.130. The molecule has 0 radical (unpaired) electrons. The summed E-state index contributed by atoms with van der Waals surface area (Å²) in [6, 6.07) is 10.2. The molecule has 0 aliphatic carbocycles. The minimum atomic E-state index is -1.03. The van der Waals surface area contributed by atoms with E-state index in [1.165, 1.54) is 12.1 Å². The Morgan fingerprint density at radius 1 is 1.07 bits per heavy atom. The number of carbonyl (C=O) groups is 1. The summed E-state index contributed by atoms with van der Waals surface area (Å²) < 4.78 is 7.08. The van der Waals surface area contributed by atoms with Crippen LogP contribution in [0.1, 0.15) is 46.8 Å². The van der Waals surface area contributed by atoms with Crippen LogP contribution in [0.5, 0.6) is 17.2 Å². The minimum absolute atomic E-state index is 0.0721. The van der Waals surface area contributed by atoms with Gasteiger partial charge in [0.15, 0.2) is 5.75 Å². The van der Waals surface area contributed by atoms with Gasteiger partial charge in [0.05, 0.1) is 14.5 Å². The van der Waals surface area contributed by atoms with Gasteiger partial charge in [-0.2, -0.15) is 0 Å². The molecule has 0 bridgehead atoms. The molecule has 0 fully saturated rings. The Balaban J connectivity index is 2.02. The van der Waals surface area contributed by atoms with Gasteiger partial charge in [0.25, 0.3) is 0 Å². The Morgan fingerprint density at radius 2 is 1.70 bits per heavy atom. The normalized spacial score (nSPS) is 11.2. The van der Waals surface area contributed by atoms with Gasteiger partial charge in [-0.15, -0.1) is 0 Å². The molecule has 2 N–H and O–H groups in total. The number of nitrogens with zero attached hydrogens (tertiary/aromatic N) is 1. The number of pyridine rings is 1. The van der Waals surface area contributed by atoms with Crippen molar-refractivity contribution in [1.82, 2.24) is 4.98 Å². The van der Waals surface area contributed by atoms with Crippen molar-refractivity contribution in [2.24, 2.45) is 0 Å². The van der Waals surface area contributed by atoms with Crippen LogP contribution < -0.4 is 4.74 Å². The second-order valence-corrected chi connectivity index (χ2v) is 8.60. The van der Waals surface area contributed by atoms with E-state index in [4.69, 9.17) is 4.74 Å². The maximum Gasteiger partial charge on any atom is 0.335 e. The third kappa shape index (κ3) is 5.09. The Morgan fingerprint density at radius 3 is 2.27 bits per heavy atom. The zero-order valence-corrected chi connectivity index (χ0v) is 19.4. The highest BCUT2D eigenvalue weighted by atomic mass is 79.9. The molecule has 2 aromatic carbocycles. The molecule has 0 spiro atoms. The molecule has 0 atom stereocenters. The lowest BCUT2D eigenvalue weighted by Gasteiger charge is -2.16. The summed E-state index contributed by atoms with van der Waals surface area (Å²) in [6.45, 7) is 3.98. The summed E-state index contributed by atoms with van der Waals surface area (Å²) in [6.07, 6.45) is 7.11. The molecule has 5 nitrogen and oxygen atoms in total. The average molecular weight is 533 g/mol. The Hall–Kier alpha value is -2.64. The third-order valence-electron chi connectivity index (χ3n) is 4.39. The van der Waals surface area contributed by atoms with Crippen molar-refractivity contribution in [3.8, 4) is 17.2 Å². The van der Waals surface area contributed by atoms with Crippen LogP contribution in [0.4, 0.5) is 0 Å². The molecule has 0 aliphatic heterocycles. The smallest absolute Gasteiger partial charge is 0.335 e. The molecule has 0 aliphatic rings. The molecule has 3 rings (SSSR count). The van der Waals surface area contributed by atoms with Crippen molar-refractivity contribution in [3.05, 3.63) is 80.0 Å². The van der Waals surface area contributed by atoms with Crippen LogP contribution in [-0.2, 0) is 0 Å². The van der Waals surface area contributed by atoms with E-state index < -0.39 is 5.97 Å². The molecule has 1 heterocycles. The highest BCUT2D eigenvalue weighted by Crippen LogP contribution is 2.41. The van der Waals surface area contributed by atoms with Gasteiger partial charge in [0.2, 0.25) is 0 Å². The van der Waals surface area contributed by atoms with Gasteiger partial charge < -0.3 is 14.9 Å². The lowest BCUT2D eigenvalue weighted by Crippen LogP contribution is -1.98. The highest BCUT2D eigenvalue weighted by molar-refractivity contribution is 9.11. The summed E-state index contributed by atoms with van der Waals surface area (Å²) >= 11 is 6.76. The van der Waals surface area contributed by atoms with Gasteiger partial charge in [0, 0.05) is 23.5 Å². The standard InChI is InChI=1S/C23H19Br2NO4/c1-13(2)18-12-17(30-22-19(24)10-16(23(28)29)11-20(22)25)9-15(21(18)27)4-3-14-5-7-26-8-6-14/h3-13,27H,1-2H3,(H,28,29)/b4-3+. The van der Waals surface area contributed by atoms with E-state index in [0.29, 0.717) is 26.0 Å². The Bertz CT molecular complexity index is 1090. The first-order valence-electron chi connectivity index (χ1n) is 9.11. The van der Waals surface area contributed by atoms with Crippen LogP contribution in [0.25, 0.3) is 12.2 Å². The molecular weight excluding hydrogens is 514 g/mol. The van der Waals surface area contributed by atoms with Crippen molar-refractivity contribution >= 4 is 50.0 Å². The summed E-state index contributed by atoms with van der Waals surface area (Å²) in [5.41, 5.74) is 2.45. The summed E-state index contributed by atoms with van der Waals surface area (Å²) in [7, 11) is 0. The van der Waals surface area contributed by atoms with Gasteiger partial charge in [0.1, 0.15) is 11.5 Å². The first-order valence-corrected chi connectivity index (χ1v) is 10.7. The number of benzene rings is 2. The van der Waals surface area contributed by atoms with E-state index in [2.05, 4.69) is 36.8 Å². The number of hydrogen-bond donors (Lipinski definition) is 2. The average Bonchev–Trinajstić information content (AvgIpc) is 2.70. The number of halogens is 2. The number of carboxylic acids is 1. The monoisotopic (exact) mass is 531 g/mol. The number of hydrogen-bond acceptors (Lipinski definition) is 4. The molecule has 154 valence electrons. The van der Waals surface area contributed by atoms with E-state index in [0.717, 1.165) is 11.1 Å². The number of ether oxygens (including phenoxy) is 1. The molecular formula is C23H19Br2NO4. The topological polar surface area (TPSA) is 79.7 Å². The number of rotatable bonds is 6. The summed E-state index contributed by atoms with van der Waals surface area (Å²) in [5.74, 6) is 0.211. The van der Waals surface area contributed by atoms with Gasteiger partial charge in [-0.3, -0.25) is 4.98 Å². The molecule has 0 amide bonds. The Labute approximate surface area is 191 Å². The SMILES string of the molecule is CC(C)c1cc(Oc2c(Br)cc(C(=O)O)cc2Br)cc(/C=C/c2ccncc2)c1O. The van der Waals surface area contributed by atoms with Crippen molar-refractivity contribution in [2.75, 3.05) is 0 Å². The molecule has 3 aromatic rings. The molecule has 30 heavy (non-hydrogen) atoms. The zero-order valence-electron chi connectivity index (χ0n) is 16.3. The Kier molecular flexibility index (Phi) is 6.95. The van der Waals surface area contributed by atoms with E-state index in [-0.39, 0.29) is 17.2 Å². The fourth-order valence-corrected chi connectivity index (χ4v) is 4.19. The number of aromatic nitrogens is 1. The molecule has 7 heteroatoms. The first-order chi connectivity index (χ1) is 14.3. The van der Waals surface area contributed by atoms with Crippen LogP contribution in [-0.4, -0.2) is 21.2 Å². The van der Waals surface area contributed by atoms with Crippen LogP contribution in [0.3, 0.4) is 0 Å². The van der Waals surface area contributed by atoms with Crippen LogP contribution >= 0.6 is 31.9 Å². The minimum Gasteiger partial charge on any atom is -0.507 e. The van der Waals surface area contributed by atoms with Gasteiger partial charge in [-0.05, 0) is 79.7 Å². The lowest BCUT2D eigenvalue weighted by molar-refractivity contribution is 0.0696. The maximum absolute atomic E-state index is 11.2. The van der Waals surface area contributed by atoms with Crippen molar-refractivity contribution in [3.63, 3.8) is 0 Å². The summed E-state index contributed by atoms with van der Waals surface area (Å²) in [5, 5.41) is 19.9. The molecule has 0 saturated carbocycles. The third-order valence-corrected chi connectivity index (χ3v) is 5.57. The number of aromatic carboxylic acids is 1. The van der Waals surface area contributed by atoms with E-state index >= 15 is 0 Å². The number of phenolic OH excluding ortho intramolecular Hbond substituents is 1. The fourth-order valence-electron chi connectivity index (χ4n) is 2.84. The second-order valence-electron chi connectivity index (χ2n) is 6.90. The number of phenols is 1. The number of carboxylic acid groups (broad SMARTS) is 1. The van der Waals surface area contributed by atoms with Gasteiger partial charge >= 0.3 is 5.97 Å². The lowest BCUT2D eigenvalue weighted by atomic mass is 9.98. The van der Waals surface area contributed by atoms with Crippen LogP contribution in [0.15, 0.2) is 57.7 Å². The first kappa shape index (κ1) is 22.1. The van der Waals surface area contributed by atoms with E-state index in [1.807, 2.05) is 38.1 Å². The number of aromatic hydroxyl groups is 1. The van der Waals surface area contributed by atoms with Gasteiger partial charge in [-0.25, -0.2) is 4.79 Å². The second kappa shape index (κ2) is 9.45. The summed E-state index contributed by atoms with van der Waals surface area (Å²) in [4.78, 5) is 15.2. The zero-order chi connectivity index (χ0) is 21.8. The van der Waals surface area contributed by atoms with Crippen molar-refractivity contribution in [1.29, 1.82) is 0 Å². The maximum atomic E-state index is 11.2. The predicted molar refractivity (Wildman–Crippen MR) is 124 cm³/mol. The van der Waals surface area contributed by atoms with Crippen LogP contribution in [0.2, 0.25) is 0 Å². The molecule has 1 aromatic heterocycles. The van der Waals surface area contributed by atoms with Crippen molar-refractivity contribution < 1.29 is 19.7 Å². The van der Waals surface area contributed by atoms with Gasteiger partial charge in [-0.1, -0.05) is 26.0 Å². The van der Waals surface area contributed by atoms with E-state index in [1.54, 1.807) is 24.5 Å². The molecule has 0 saturated heterocycles. The molecule has 0 unspecified atom stereocenters. The quantitative estimate of drug-likeness (QED) is 0.354. The predicted octanol–water partition coefficient (Wildman–Crippen LogP) is 7.10. The van der Waals surface area contributed by atoms with Crippen molar-refractivity contribution in [2.45, 2.75) is 19.8 Å².